The summed E-state index contributed by atoms with van der Waals surface area (Å²) < 4.78 is 5.29. The minimum absolute atomic E-state index is 0.298. The zero-order valence-corrected chi connectivity index (χ0v) is 11.1. The van der Waals surface area contributed by atoms with Crippen LogP contribution in [0.25, 0.3) is 0 Å². The van der Waals surface area contributed by atoms with Crippen molar-refractivity contribution in [2.75, 3.05) is 20.1 Å². The number of carbonyl (C=O) groups excluding carboxylic acids is 2. The van der Waals surface area contributed by atoms with Gasteiger partial charge >= 0.3 is 6.09 Å². The average molecular weight is 242 g/mol. The van der Waals surface area contributed by atoms with Gasteiger partial charge in [-0.1, -0.05) is 0 Å². The number of aldehydes is 1. The van der Waals surface area contributed by atoms with E-state index in [1.54, 1.807) is 11.9 Å². The average Bonchev–Trinajstić information content (AvgIpc) is 2.27. The highest BCUT2D eigenvalue weighted by Crippen LogP contribution is 2.21. The summed E-state index contributed by atoms with van der Waals surface area (Å²) in [6.07, 6.45) is 1.91. The molecule has 1 aliphatic rings. The smallest absolute Gasteiger partial charge is 0.410 e. The summed E-state index contributed by atoms with van der Waals surface area (Å²) in [6, 6.07) is 0. The van der Waals surface area contributed by atoms with Crippen molar-refractivity contribution in [1.29, 1.82) is 0 Å². The Labute approximate surface area is 102 Å². The summed E-state index contributed by atoms with van der Waals surface area (Å²) in [5, 5.41) is 3.03. The number of amides is 1. The summed E-state index contributed by atoms with van der Waals surface area (Å²) in [5.41, 5.74) is -0.947. The molecule has 0 bridgehead atoms. The van der Waals surface area contributed by atoms with Crippen LogP contribution in [0.1, 0.15) is 33.6 Å². The lowest BCUT2D eigenvalue weighted by Gasteiger charge is -2.38. The molecular weight excluding hydrogens is 220 g/mol. The molecule has 5 nitrogen and oxygen atoms in total. The van der Waals surface area contributed by atoms with Gasteiger partial charge in [-0.3, -0.25) is 0 Å². The molecule has 1 rings (SSSR count). The number of likely N-dealkylation sites (tertiary alicyclic amines) is 1. The number of nitrogens with one attached hydrogen (secondary N) is 1. The van der Waals surface area contributed by atoms with E-state index >= 15 is 0 Å². The minimum Gasteiger partial charge on any atom is -0.444 e. The zero-order valence-electron chi connectivity index (χ0n) is 11.1. The quantitative estimate of drug-likeness (QED) is 0.739. The fourth-order valence-corrected chi connectivity index (χ4v) is 1.84. The Bertz CT molecular complexity index is 289. The minimum atomic E-state index is -0.474. The lowest BCUT2D eigenvalue weighted by molar-refractivity contribution is -0.115. The second-order valence-corrected chi connectivity index (χ2v) is 5.49. The molecule has 1 aliphatic heterocycles. The Morgan fingerprint density at radius 3 is 2.24 bits per heavy atom. The maximum absolute atomic E-state index is 11.8. The largest absolute Gasteiger partial charge is 0.444 e. The summed E-state index contributed by atoms with van der Waals surface area (Å²) in [4.78, 5) is 24.5. The maximum Gasteiger partial charge on any atom is 0.410 e. The lowest BCUT2D eigenvalue weighted by atomic mass is 9.89. The number of ether oxygens (including phenoxy) is 1. The van der Waals surface area contributed by atoms with Crippen LogP contribution in [0.4, 0.5) is 4.79 Å². The van der Waals surface area contributed by atoms with E-state index in [2.05, 4.69) is 5.32 Å². The normalized spacial score (nSPS) is 19.9. The van der Waals surface area contributed by atoms with Gasteiger partial charge in [0.05, 0.1) is 5.54 Å². The number of rotatable bonds is 2. The predicted octanol–water partition coefficient (Wildman–Crippen LogP) is 1.17. The summed E-state index contributed by atoms with van der Waals surface area (Å²) in [5.74, 6) is 0. The van der Waals surface area contributed by atoms with Crippen LogP contribution in [-0.4, -0.2) is 48.6 Å². The Morgan fingerprint density at radius 1 is 1.35 bits per heavy atom. The van der Waals surface area contributed by atoms with Crippen molar-refractivity contribution in [3.8, 4) is 0 Å². The van der Waals surface area contributed by atoms with E-state index in [1.165, 1.54) is 0 Å². The predicted molar refractivity (Wildman–Crippen MR) is 64.9 cm³/mol. The molecule has 1 saturated heterocycles. The van der Waals surface area contributed by atoms with Gasteiger partial charge in [-0.15, -0.1) is 0 Å². The molecule has 17 heavy (non-hydrogen) atoms. The molecular formula is C12H22N2O3. The summed E-state index contributed by atoms with van der Waals surface area (Å²) in [7, 11) is 1.78. The highest BCUT2D eigenvalue weighted by atomic mass is 16.6. The Hall–Kier alpha value is -1.10. The first kappa shape index (κ1) is 14.0. The molecule has 0 aromatic rings. The highest BCUT2D eigenvalue weighted by Gasteiger charge is 2.35. The third kappa shape index (κ3) is 3.70. The third-order valence-electron chi connectivity index (χ3n) is 3.03. The van der Waals surface area contributed by atoms with Gasteiger partial charge in [0.15, 0.2) is 0 Å². The fraction of sp³-hybridized carbons (Fsp3) is 0.833. The van der Waals surface area contributed by atoms with Gasteiger partial charge in [0.2, 0.25) is 0 Å². The van der Waals surface area contributed by atoms with Crippen LogP contribution in [0.2, 0.25) is 0 Å². The number of hydrogen-bond donors (Lipinski definition) is 1. The van der Waals surface area contributed by atoms with E-state index in [-0.39, 0.29) is 6.09 Å². The molecule has 0 aromatic carbocycles. The van der Waals surface area contributed by atoms with Crippen LogP contribution >= 0.6 is 0 Å². The second-order valence-electron chi connectivity index (χ2n) is 5.49. The Morgan fingerprint density at radius 2 is 1.88 bits per heavy atom. The molecule has 0 aliphatic carbocycles. The topological polar surface area (TPSA) is 58.6 Å². The zero-order chi connectivity index (χ0) is 13.1. The monoisotopic (exact) mass is 242 g/mol. The fourth-order valence-electron chi connectivity index (χ4n) is 1.84. The first-order valence-electron chi connectivity index (χ1n) is 5.95. The molecule has 0 saturated carbocycles. The van der Waals surface area contributed by atoms with Crippen LogP contribution in [0.5, 0.6) is 0 Å². The van der Waals surface area contributed by atoms with E-state index in [0.29, 0.717) is 25.9 Å². The molecule has 0 unspecified atom stereocenters. The molecule has 98 valence electrons. The van der Waals surface area contributed by atoms with Gasteiger partial charge < -0.3 is 19.7 Å². The first-order chi connectivity index (χ1) is 7.82. The number of piperidine rings is 1. The SMILES string of the molecule is CNC1(C=O)CCN(C(=O)OC(C)(C)C)CC1. The van der Waals surface area contributed by atoms with Crippen molar-refractivity contribution >= 4 is 12.4 Å². The molecule has 1 N–H and O–H groups in total. The van der Waals surface area contributed by atoms with Gasteiger partial charge in [-0.25, -0.2) is 4.79 Å². The molecule has 1 heterocycles. The molecule has 1 amide bonds. The van der Waals surface area contributed by atoms with Crippen molar-refractivity contribution in [3.63, 3.8) is 0 Å². The van der Waals surface area contributed by atoms with Crippen molar-refractivity contribution in [3.05, 3.63) is 0 Å². The van der Waals surface area contributed by atoms with Crippen molar-refractivity contribution in [2.45, 2.75) is 44.8 Å². The van der Waals surface area contributed by atoms with Crippen molar-refractivity contribution in [2.24, 2.45) is 0 Å². The van der Waals surface area contributed by atoms with E-state index in [1.807, 2.05) is 20.8 Å². The Balaban J connectivity index is 2.52. The molecule has 0 aromatic heterocycles. The van der Waals surface area contributed by atoms with Crippen molar-refractivity contribution in [1.82, 2.24) is 10.2 Å². The van der Waals surface area contributed by atoms with E-state index in [0.717, 1.165) is 6.29 Å². The van der Waals surface area contributed by atoms with Gasteiger partial charge in [-0.2, -0.15) is 0 Å². The van der Waals surface area contributed by atoms with E-state index < -0.39 is 11.1 Å². The van der Waals surface area contributed by atoms with Crippen molar-refractivity contribution < 1.29 is 14.3 Å². The molecule has 0 atom stereocenters. The first-order valence-corrected chi connectivity index (χ1v) is 5.95. The lowest BCUT2D eigenvalue weighted by Crippen LogP contribution is -2.54. The van der Waals surface area contributed by atoms with Crippen LogP contribution < -0.4 is 5.32 Å². The third-order valence-corrected chi connectivity index (χ3v) is 3.03. The number of nitrogens with zero attached hydrogens (tertiary/aromatic N) is 1. The summed E-state index contributed by atoms with van der Waals surface area (Å²) in [6.45, 7) is 6.64. The van der Waals surface area contributed by atoms with Crippen LogP contribution in [0, 0.1) is 0 Å². The second kappa shape index (κ2) is 5.04. The van der Waals surface area contributed by atoms with E-state index in [4.69, 9.17) is 4.74 Å². The highest BCUT2D eigenvalue weighted by molar-refractivity contribution is 5.70. The molecule has 0 spiro atoms. The standard InChI is InChI=1S/C12H22N2O3/c1-11(2,3)17-10(16)14-7-5-12(9-15,13-4)6-8-14/h9,13H,5-8H2,1-4H3. The van der Waals surface area contributed by atoms with Crippen LogP contribution in [0.3, 0.4) is 0 Å². The van der Waals surface area contributed by atoms with Gasteiger partial charge in [0, 0.05) is 13.1 Å². The van der Waals surface area contributed by atoms with Gasteiger partial charge in [0.25, 0.3) is 0 Å². The molecule has 1 fully saturated rings. The Kier molecular flexibility index (Phi) is 4.14. The molecule has 0 radical (unpaired) electrons. The van der Waals surface area contributed by atoms with Crippen LogP contribution in [0.15, 0.2) is 0 Å². The number of carbonyl (C=O) groups is 2. The van der Waals surface area contributed by atoms with Gasteiger partial charge in [0.1, 0.15) is 11.9 Å². The number of likely N-dealkylation sites (N-methyl/N-ethyl adjacent to an activating group) is 1. The van der Waals surface area contributed by atoms with Crippen LogP contribution in [-0.2, 0) is 9.53 Å². The molecule has 5 heteroatoms. The van der Waals surface area contributed by atoms with E-state index in [9.17, 15) is 9.59 Å². The maximum atomic E-state index is 11.8. The number of hydrogen-bond acceptors (Lipinski definition) is 4. The van der Waals surface area contributed by atoms with Gasteiger partial charge in [-0.05, 0) is 40.7 Å². The summed E-state index contributed by atoms with van der Waals surface area (Å²) >= 11 is 0.